The van der Waals surface area contributed by atoms with Gasteiger partial charge in [0, 0.05) is 0 Å². The first-order valence-electron chi connectivity index (χ1n) is 5.68. The van der Waals surface area contributed by atoms with Crippen LogP contribution in [0.25, 0.3) is 0 Å². The van der Waals surface area contributed by atoms with Gasteiger partial charge in [0.1, 0.15) is 6.26 Å². The lowest BCUT2D eigenvalue weighted by atomic mass is 9.82. The predicted octanol–water partition coefficient (Wildman–Crippen LogP) is 1.59. The summed E-state index contributed by atoms with van der Waals surface area (Å²) < 4.78 is 5.01. The van der Waals surface area contributed by atoms with Gasteiger partial charge in [0.05, 0.1) is 17.5 Å². The molecule has 1 heterocycles. The van der Waals surface area contributed by atoms with Gasteiger partial charge in [-0.05, 0) is 19.8 Å². The third-order valence-electron chi connectivity index (χ3n) is 2.94. The third-order valence-corrected chi connectivity index (χ3v) is 2.94. The number of carbonyl (C=O) groups is 2. The minimum atomic E-state index is -0.955. The summed E-state index contributed by atoms with van der Waals surface area (Å²) in [5, 5.41) is 11.6. The summed E-state index contributed by atoms with van der Waals surface area (Å²) in [6, 6.07) is 0.108. The van der Waals surface area contributed by atoms with Gasteiger partial charge in [-0.3, -0.25) is 14.9 Å². The number of nitrogens with one attached hydrogen (secondary N) is 1. The highest BCUT2D eigenvalue weighted by Gasteiger charge is 2.34. The number of anilines is 1. The Hall–Kier alpha value is -2.11. The van der Waals surface area contributed by atoms with Crippen molar-refractivity contribution in [1.82, 2.24) is 4.98 Å². The highest BCUT2D eigenvalue weighted by molar-refractivity contribution is 5.93. The average Bonchev–Trinajstić information content (AvgIpc) is 2.74. The second kappa shape index (κ2) is 5.03. The van der Waals surface area contributed by atoms with Gasteiger partial charge >= 0.3 is 12.0 Å². The van der Waals surface area contributed by atoms with Gasteiger partial charge in [-0.1, -0.05) is 12.2 Å². The standard InChI is InChI=1S/C12H14N2O4/c1-7-6-18-12(13-7)14-10(15)8-4-2-3-5-9(8)11(16)17/h2-3,6,8-9H,4-5H2,1H3,(H,16,17)(H,13,14,15)/t8-,9+/m1/s1. The van der Waals surface area contributed by atoms with Crippen molar-refractivity contribution in [3.63, 3.8) is 0 Å². The monoisotopic (exact) mass is 250 g/mol. The molecule has 0 unspecified atom stereocenters. The number of aliphatic carboxylic acids is 1. The van der Waals surface area contributed by atoms with Crippen molar-refractivity contribution >= 4 is 17.9 Å². The van der Waals surface area contributed by atoms with E-state index in [0.29, 0.717) is 18.5 Å². The lowest BCUT2D eigenvalue weighted by Crippen LogP contribution is -2.34. The van der Waals surface area contributed by atoms with E-state index in [1.165, 1.54) is 6.26 Å². The molecule has 1 aromatic rings. The van der Waals surface area contributed by atoms with Crippen LogP contribution < -0.4 is 5.32 Å². The summed E-state index contributed by atoms with van der Waals surface area (Å²) in [5.41, 5.74) is 0.656. The van der Waals surface area contributed by atoms with E-state index < -0.39 is 17.8 Å². The van der Waals surface area contributed by atoms with Gasteiger partial charge < -0.3 is 9.52 Å². The first kappa shape index (κ1) is 12.3. The summed E-state index contributed by atoms with van der Waals surface area (Å²) in [5.74, 6) is -2.59. The molecule has 0 bridgehead atoms. The average molecular weight is 250 g/mol. The molecule has 0 saturated carbocycles. The van der Waals surface area contributed by atoms with E-state index in [-0.39, 0.29) is 11.9 Å². The van der Waals surface area contributed by atoms with Crippen molar-refractivity contribution in [3.8, 4) is 0 Å². The normalized spacial score (nSPS) is 22.7. The van der Waals surface area contributed by atoms with Gasteiger partial charge in [0.15, 0.2) is 0 Å². The zero-order valence-corrected chi connectivity index (χ0v) is 9.92. The molecular weight excluding hydrogens is 236 g/mol. The summed E-state index contributed by atoms with van der Waals surface area (Å²) >= 11 is 0. The Morgan fingerprint density at radius 1 is 1.39 bits per heavy atom. The van der Waals surface area contributed by atoms with Crippen molar-refractivity contribution in [2.75, 3.05) is 5.32 Å². The number of oxazole rings is 1. The minimum Gasteiger partial charge on any atom is -0.481 e. The Labute approximate surface area is 104 Å². The number of hydrogen-bond acceptors (Lipinski definition) is 4. The Morgan fingerprint density at radius 2 is 2.06 bits per heavy atom. The van der Waals surface area contributed by atoms with Crippen molar-refractivity contribution in [2.45, 2.75) is 19.8 Å². The molecule has 2 atom stereocenters. The Kier molecular flexibility index (Phi) is 3.45. The highest BCUT2D eigenvalue weighted by Crippen LogP contribution is 2.27. The van der Waals surface area contributed by atoms with Crippen LogP contribution in [-0.2, 0) is 9.59 Å². The molecule has 1 aromatic heterocycles. The molecule has 0 radical (unpaired) electrons. The molecule has 18 heavy (non-hydrogen) atoms. The number of allylic oxidation sites excluding steroid dienone is 2. The van der Waals surface area contributed by atoms with E-state index in [1.807, 2.05) is 6.08 Å². The van der Waals surface area contributed by atoms with Gasteiger partial charge in [-0.15, -0.1) is 0 Å². The Morgan fingerprint density at radius 3 is 2.61 bits per heavy atom. The van der Waals surface area contributed by atoms with Crippen LogP contribution in [-0.4, -0.2) is 22.0 Å². The minimum absolute atomic E-state index is 0.108. The van der Waals surface area contributed by atoms with Crippen molar-refractivity contribution in [2.24, 2.45) is 11.8 Å². The molecule has 1 aliphatic carbocycles. The lowest BCUT2D eigenvalue weighted by molar-refractivity contribution is -0.146. The van der Waals surface area contributed by atoms with E-state index in [0.717, 1.165) is 0 Å². The van der Waals surface area contributed by atoms with Gasteiger partial charge in [0.25, 0.3) is 0 Å². The van der Waals surface area contributed by atoms with Crippen molar-refractivity contribution in [1.29, 1.82) is 0 Å². The van der Waals surface area contributed by atoms with Crippen molar-refractivity contribution in [3.05, 3.63) is 24.1 Å². The maximum absolute atomic E-state index is 12.0. The fraction of sp³-hybridized carbons (Fsp3) is 0.417. The van der Waals surface area contributed by atoms with Gasteiger partial charge in [-0.25, -0.2) is 0 Å². The number of carboxylic acids is 1. The summed E-state index contributed by atoms with van der Waals surface area (Å²) in [7, 11) is 0. The maximum atomic E-state index is 12.0. The molecule has 2 N–H and O–H groups in total. The maximum Gasteiger partial charge on any atom is 0.307 e. The van der Waals surface area contributed by atoms with Crippen LogP contribution in [0.4, 0.5) is 6.01 Å². The molecule has 0 spiro atoms. The second-order valence-electron chi connectivity index (χ2n) is 4.28. The molecular formula is C12H14N2O4. The second-order valence-corrected chi connectivity index (χ2v) is 4.28. The molecule has 6 nitrogen and oxygen atoms in total. The first-order valence-corrected chi connectivity index (χ1v) is 5.68. The number of rotatable bonds is 3. The number of aryl methyl sites for hydroxylation is 1. The number of nitrogens with zero attached hydrogens (tertiary/aromatic N) is 1. The number of carbonyl (C=O) groups excluding carboxylic acids is 1. The van der Waals surface area contributed by atoms with Crippen LogP contribution in [0.3, 0.4) is 0 Å². The smallest absolute Gasteiger partial charge is 0.307 e. The van der Waals surface area contributed by atoms with E-state index >= 15 is 0 Å². The van der Waals surface area contributed by atoms with Crippen LogP contribution in [0.2, 0.25) is 0 Å². The molecule has 1 aliphatic rings. The SMILES string of the molecule is Cc1coc(NC(=O)[C@@H]2CC=CC[C@@H]2C(=O)O)n1. The molecule has 0 saturated heterocycles. The zero-order chi connectivity index (χ0) is 13.1. The van der Waals surface area contributed by atoms with Gasteiger partial charge in [0.2, 0.25) is 5.91 Å². The summed E-state index contributed by atoms with van der Waals surface area (Å²) in [4.78, 5) is 27.0. The van der Waals surface area contributed by atoms with Crippen LogP contribution in [0.15, 0.2) is 22.8 Å². The van der Waals surface area contributed by atoms with E-state index in [9.17, 15) is 9.59 Å². The van der Waals surface area contributed by atoms with Gasteiger partial charge in [-0.2, -0.15) is 4.98 Å². The molecule has 96 valence electrons. The molecule has 0 aliphatic heterocycles. The van der Waals surface area contributed by atoms with Crippen LogP contribution in [0, 0.1) is 18.8 Å². The molecule has 2 rings (SSSR count). The van der Waals surface area contributed by atoms with E-state index in [1.54, 1.807) is 13.0 Å². The summed E-state index contributed by atoms with van der Waals surface area (Å²) in [6.45, 7) is 1.74. The summed E-state index contributed by atoms with van der Waals surface area (Å²) in [6.07, 6.45) is 5.83. The van der Waals surface area contributed by atoms with Crippen LogP contribution in [0.1, 0.15) is 18.5 Å². The predicted molar refractivity (Wildman–Crippen MR) is 62.9 cm³/mol. The zero-order valence-electron chi connectivity index (χ0n) is 9.92. The Balaban J connectivity index is 2.07. The molecule has 0 aromatic carbocycles. The highest BCUT2D eigenvalue weighted by atomic mass is 16.4. The third kappa shape index (κ3) is 2.58. The lowest BCUT2D eigenvalue weighted by Gasteiger charge is -2.23. The number of amides is 1. The number of hydrogen-bond donors (Lipinski definition) is 2. The van der Waals surface area contributed by atoms with E-state index in [2.05, 4.69) is 10.3 Å². The molecule has 0 fully saturated rings. The quantitative estimate of drug-likeness (QED) is 0.794. The Bertz CT molecular complexity index is 492. The topological polar surface area (TPSA) is 92.4 Å². The number of aromatic nitrogens is 1. The van der Waals surface area contributed by atoms with Crippen LogP contribution >= 0.6 is 0 Å². The fourth-order valence-electron chi connectivity index (χ4n) is 1.99. The van der Waals surface area contributed by atoms with E-state index in [4.69, 9.17) is 9.52 Å². The van der Waals surface area contributed by atoms with Crippen molar-refractivity contribution < 1.29 is 19.1 Å². The molecule has 6 heteroatoms. The fourth-order valence-corrected chi connectivity index (χ4v) is 1.99. The first-order chi connectivity index (χ1) is 8.58. The van der Waals surface area contributed by atoms with Crippen LogP contribution in [0.5, 0.6) is 0 Å². The number of carboxylic acid groups (broad SMARTS) is 1. The largest absolute Gasteiger partial charge is 0.481 e. The molecule has 1 amide bonds.